The van der Waals surface area contributed by atoms with Crippen LogP contribution in [0.5, 0.6) is 0 Å². The minimum atomic E-state index is 0.0793. The van der Waals surface area contributed by atoms with Gasteiger partial charge in [-0.25, -0.2) is 0 Å². The summed E-state index contributed by atoms with van der Waals surface area (Å²) in [7, 11) is 0. The summed E-state index contributed by atoms with van der Waals surface area (Å²) in [5.41, 5.74) is 5.01. The zero-order valence-corrected chi connectivity index (χ0v) is 13.2. The third kappa shape index (κ3) is 5.56. The van der Waals surface area contributed by atoms with Gasteiger partial charge in [0, 0.05) is 24.9 Å². The number of rotatable bonds is 5. The van der Waals surface area contributed by atoms with Gasteiger partial charge < -0.3 is 5.32 Å². The average Bonchev–Trinajstić information content (AvgIpc) is 2.21. The zero-order valence-electron chi connectivity index (χ0n) is 13.2. The van der Waals surface area contributed by atoms with Crippen LogP contribution >= 0.6 is 0 Å². The van der Waals surface area contributed by atoms with E-state index < -0.39 is 0 Å². The molecule has 0 aromatic heterocycles. The maximum atomic E-state index is 12.0. The van der Waals surface area contributed by atoms with Crippen LogP contribution in [0, 0.1) is 20.8 Å². The minimum Gasteiger partial charge on any atom is -0.312 e. The first-order chi connectivity index (χ1) is 8.69. The first-order valence-electron chi connectivity index (χ1n) is 7.02. The Morgan fingerprint density at radius 3 is 2.11 bits per heavy atom. The van der Waals surface area contributed by atoms with E-state index >= 15 is 0 Å². The SMILES string of the molecule is Cc1cc(C)c(CC(=O)CCNC(C)(C)C)c(C)c1. The lowest BCUT2D eigenvalue weighted by Gasteiger charge is -2.20. The van der Waals surface area contributed by atoms with Crippen molar-refractivity contribution in [2.75, 3.05) is 6.54 Å². The molecule has 0 radical (unpaired) electrons. The van der Waals surface area contributed by atoms with Crippen molar-refractivity contribution in [1.82, 2.24) is 5.32 Å². The van der Waals surface area contributed by atoms with Crippen molar-refractivity contribution in [3.63, 3.8) is 0 Å². The molecule has 1 aromatic rings. The number of hydrogen-bond acceptors (Lipinski definition) is 2. The number of hydrogen-bond donors (Lipinski definition) is 1. The third-order valence-corrected chi connectivity index (χ3v) is 3.27. The maximum absolute atomic E-state index is 12.0. The lowest BCUT2D eigenvalue weighted by Crippen LogP contribution is -2.37. The van der Waals surface area contributed by atoms with E-state index in [2.05, 4.69) is 59.0 Å². The summed E-state index contributed by atoms with van der Waals surface area (Å²) in [5.74, 6) is 0.312. The Balaban J connectivity index is 2.58. The van der Waals surface area contributed by atoms with Gasteiger partial charge in [0.2, 0.25) is 0 Å². The van der Waals surface area contributed by atoms with Gasteiger partial charge in [0.25, 0.3) is 0 Å². The first kappa shape index (κ1) is 15.9. The minimum absolute atomic E-state index is 0.0793. The number of Topliss-reactive ketones (excluding diaryl/α,β-unsaturated/α-hetero) is 1. The highest BCUT2D eigenvalue weighted by atomic mass is 16.1. The second kappa shape index (κ2) is 6.33. The monoisotopic (exact) mass is 261 g/mol. The van der Waals surface area contributed by atoms with E-state index in [1.54, 1.807) is 0 Å². The summed E-state index contributed by atoms with van der Waals surface area (Å²) in [5, 5.41) is 3.36. The highest BCUT2D eigenvalue weighted by molar-refractivity contribution is 5.81. The number of aryl methyl sites for hydroxylation is 3. The van der Waals surface area contributed by atoms with Crippen molar-refractivity contribution in [2.24, 2.45) is 0 Å². The van der Waals surface area contributed by atoms with Gasteiger partial charge in [0.15, 0.2) is 0 Å². The molecule has 2 heteroatoms. The topological polar surface area (TPSA) is 29.1 Å². The summed E-state index contributed by atoms with van der Waals surface area (Å²) in [6, 6.07) is 4.31. The smallest absolute Gasteiger partial charge is 0.138 e. The number of nitrogens with one attached hydrogen (secondary N) is 1. The lowest BCUT2D eigenvalue weighted by atomic mass is 9.95. The molecule has 19 heavy (non-hydrogen) atoms. The van der Waals surface area contributed by atoms with Crippen molar-refractivity contribution in [1.29, 1.82) is 0 Å². The number of benzene rings is 1. The van der Waals surface area contributed by atoms with Crippen LogP contribution in [0.3, 0.4) is 0 Å². The maximum Gasteiger partial charge on any atom is 0.138 e. The molecule has 0 atom stereocenters. The highest BCUT2D eigenvalue weighted by Crippen LogP contribution is 2.17. The Hall–Kier alpha value is -1.15. The molecule has 0 aliphatic heterocycles. The lowest BCUT2D eigenvalue weighted by molar-refractivity contribution is -0.118. The average molecular weight is 261 g/mol. The van der Waals surface area contributed by atoms with Gasteiger partial charge in [0.1, 0.15) is 5.78 Å². The fourth-order valence-corrected chi connectivity index (χ4v) is 2.35. The van der Waals surface area contributed by atoms with Crippen LogP contribution in [0.15, 0.2) is 12.1 Å². The van der Waals surface area contributed by atoms with E-state index in [0.717, 1.165) is 6.54 Å². The van der Waals surface area contributed by atoms with E-state index in [1.807, 2.05) is 0 Å². The Morgan fingerprint density at radius 1 is 1.11 bits per heavy atom. The van der Waals surface area contributed by atoms with E-state index in [-0.39, 0.29) is 5.54 Å². The molecule has 0 saturated heterocycles. The predicted molar refractivity (Wildman–Crippen MR) is 81.7 cm³/mol. The van der Waals surface area contributed by atoms with Crippen molar-refractivity contribution in [3.05, 3.63) is 34.4 Å². The molecule has 0 spiro atoms. The molecular formula is C17H27NO. The highest BCUT2D eigenvalue weighted by Gasteiger charge is 2.12. The largest absolute Gasteiger partial charge is 0.312 e. The predicted octanol–water partition coefficient (Wildman–Crippen LogP) is 3.50. The molecule has 106 valence electrons. The molecule has 0 saturated carbocycles. The van der Waals surface area contributed by atoms with E-state index in [9.17, 15) is 4.79 Å². The Kier molecular flexibility index (Phi) is 5.30. The van der Waals surface area contributed by atoms with Gasteiger partial charge in [-0.1, -0.05) is 17.7 Å². The number of carbonyl (C=O) groups excluding carboxylic acids is 1. The normalized spacial score (nSPS) is 11.7. The first-order valence-corrected chi connectivity index (χ1v) is 7.02. The number of ketones is 1. The van der Waals surface area contributed by atoms with Crippen molar-refractivity contribution in [3.8, 4) is 0 Å². The second-order valence-corrected chi connectivity index (χ2v) is 6.52. The van der Waals surface area contributed by atoms with E-state index in [4.69, 9.17) is 0 Å². The Morgan fingerprint density at radius 2 is 1.63 bits per heavy atom. The molecule has 1 N–H and O–H groups in total. The van der Waals surface area contributed by atoms with Crippen LogP contribution < -0.4 is 5.32 Å². The zero-order chi connectivity index (χ0) is 14.6. The second-order valence-electron chi connectivity index (χ2n) is 6.52. The molecule has 0 aliphatic carbocycles. The van der Waals surface area contributed by atoms with Crippen molar-refractivity contribution >= 4 is 5.78 Å². The molecule has 0 fully saturated rings. The van der Waals surface area contributed by atoms with Crippen LogP contribution in [-0.4, -0.2) is 17.9 Å². The number of carbonyl (C=O) groups is 1. The van der Waals surface area contributed by atoms with Crippen LogP contribution in [-0.2, 0) is 11.2 Å². The molecular weight excluding hydrogens is 234 g/mol. The van der Waals surface area contributed by atoms with E-state index in [1.165, 1.54) is 22.3 Å². The quantitative estimate of drug-likeness (QED) is 0.879. The van der Waals surface area contributed by atoms with E-state index in [0.29, 0.717) is 18.6 Å². The van der Waals surface area contributed by atoms with Crippen LogP contribution in [0.2, 0.25) is 0 Å². The Bertz CT molecular complexity index is 432. The van der Waals surface area contributed by atoms with Gasteiger partial charge >= 0.3 is 0 Å². The molecule has 0 aliphatic rings. The molecule has 1 rings (SSSR count). The van der Waals surface area contributed by atoms with Crippen molar-refractivity contribution < 1.29 is 4.79 Å². The third-order valence-electron chi connectivity index (χ3n) is 3.27. The van der Waals surface area contributed by atoms with Crippen LogP contribution in [0.1, 0.15) is 49.4 Å². The van der Waals surface area contributed by atoms with Gasteiger partial charge in [-0.3, -0.25) is 4.79 Å². The summed E-state index contributed by atoms with van der Waals surface area (Å²) < 4.78 is 0. The van der Waals surface area contributed by atoms with Crippen LogP contribution in [0.25, 0.3) is 0 Å². The molecule has 0 heterocycles. The van der Waals surface area contributed by atoms with Gasteiger partial charge in [-0.2, -0.15) is 0 Å². The summed E-state index contributed by atoms with van der Waals surface area (Å²) >= 11 is 0. The Labute approximate surface area is 117 Å². The molecule has 2 nitrogen and oxygen atoms in total. The molecule has 0 amide bonds. The fourth-order valence-electron chi connectivity index (χ4n) is 2.35. The fraction of sp³-hybridized carbons (Fsp3) is 0.588. The summed E-state index contributed by atoms with van der Waals surface area (Å²) in [4.78, 5) is 12.0. The van der Waals surface area contributed by atoms with Crippen LogP contribution in [0.4, 0.5) is 0 Å². The van der Waals surface area contributed by atoms with Gasteiger partial charge in [-0.15, -0.1) is 0 Å². The molecule has 0 bridgehead atoms. The molecule has 0 unspecified atom stereocenters. The molecule has 1 aromatic carbocycles. The van der Waals surface area contributed by atoms with Gasteiger partial charge in [-0.05, 0) is 58.2 Å². The summed E-state index contributed by atoms with van der Waals surface area (Å²) in [6.07, 6.45) is 1.16. The summed E-state index contributed by atoms with van der Waals surface area (Å²) in [6.45, 7) is 13.4. The van der Waals surface area contributed by atoms with Crippen molar-refractivity contribution in [2.45, 2.75) is 59.9 Å². The standard InChI is InChI=1S/C17H27NO/c1-12-9-13(2)16(14(3)10-12)11-15(19)7-8-18-17(4,5)6/h9-10,18H,7-8,11H2,1-6H3. The van der Waals surface area contributed by atoms with Gasteiger partial charge in [0.05, 0.1) is 0 Å².